The fourth-order valence-corrected chi connectivity index (χ4v) is 5.15. The van der Waals surface area contributed by atoms with Gasteiger partial charge in [0.2, 0.25) is 0 Å². The number of alkyl halides is 1. The highest BCUT2D eigenvalue weighted by Crippen LogP contribution is 2.49. The van der Waals surface area contributed by atoms with Crippen molar-refractivity contribution in [3.8, 4) is 11.5 Å². The van der Waals surface area contributed by atoms with Crippen LogP contribution in [0.2, 0.25) is 0 Å². The number of amides is 1. The molecule has 5 atom stereocenters. The third-order valence-electron chi connectivity index (χ3n) is 6.46. The summed E-state index contributed by atoms with van der Waals surface area (Å²) < 4.78 is 11.7. The van der Waals surface area contributed by atoms with Gasteiger partial charge in [-0.1, -0.05) is 13.0 Å². The number of halogens is 1. The van der Waals surface area contributed by atoms with Gasteiger partial charge < -0.3 is 24.6 Å². The molecule has 1 aromatic rings. The molecule has 0 bridgehead atoms. The zero-order valence-electron chi connectivity index (χ0n) is 17.7. The van der Waals surface area contributed by atoms with Gasteiger partial charge in [-0.2, -0.15) is 0 Å². The molecule has 5 unspecified atom stereocenters. The fourth-order valence-electron chi connectivity index (χ4n) is 4.86. The lowest BCUT2D eigenvalue weighted by Crippen LogP contribution is -2.44. The number of rotatable bonds is 6. The average Bonchev–Trinajstić information content (AvgIpc) is 3.02. The third-order valence-corrected chi connectivity index (χ3v) is 7.07. The lowest BCUT2D eigenvalue weighted by Gasteiger charge is -2.40. The number of carbonyl (C=O) groups excluding carboxylic acids is 2. The average molecular weight is 450 g/mol. The monoisotopic (exact) mass is 449 g/mol. The van der Waals surface area contributed by atoms with E-state index in [9.17, 15) is 19.8 Å². The van der Waals surface area contributed by atoms with E-state index in [-0.39, 0.29) is 65.4 Å². The SMILES string of the molecule is CCOc1cc(C2C3=C(OC4CC(C)C(Cl)CC4C3=O)C(=O)N2CCCO)ccc1O. The van der Waals surface area contributed by atoms with Crippen LogP contribution >= 0.6 is 11.6 Å². The van der Waals surface area contributed by atoms with Crippen molar-refractivity contribution in [3.05, 3.63) is 35.1 Å². The number of hydrogen-bond donors (Lipinski definition) is 2. The predicted molar refractivity (Wildman–Crippen MR) is 114 cm³/mol. The second-order valence-corrected chi connectivity index (χ2v) is 9.03. The van der Waals surface area contributed by atoms with Crippen molar-refractivity contribution < 1.29 is 29.3 Å². The van der Waals surface area contributed by atoms with E-state index in [0.29, 0.717) is 37.0 Å². The first-order valence-electron chi connectivity index (χ1n) is 10.8. The van der Waals surface area contributed by atoms with E-state index >= 15 is 0 Å². The van der Waals surface area contributed by atoms with Gasteiger partial charge in [0.1, 0.15) is 6.10 Å². The number of ether oxygens (including phenoxy) is 2. The number of carbonyl (C=O) groups is 2. The third kappa shape index (κ3) is 3.78. The van der Waals surface area contributed by atoms with Gasteiger partial charge in [-0.05, 0) is 49.8 Å². The smallest absolute Gasteiger partial charge is 0.290 e. The van der Waals surface area contributed by atoms with Gasteiger partial charge in [-0.25, -0.2) is 0 Å². The molecule has 7 nitrogen and oxygen atoms in total. The molecule has 1 fully saturated rings. The van der Waals surface area contributed by atoms with E-state index < -0.39 is 6.04 Å². The van der Waals surface area contributed by atoms with E-state index in [2.05, 4.69) is 0 Å². The molecule has 0 radical (unpaired) electrons. The van der Waals surface area contributed by atoms with Crippen molar-refractivity contribution in [2.75, 3.05) is 19.8 Å². The van der Waals surface area contributed by atoms with E-state index in [4.69, 9.17) is 21.1 Å². The first-order valence-corrected chi connectivity index (χ1v) is 11.3. The van der Waals surface area contributed by atoms with Crippen LogP contribution in [0.3, 0.4) is 0 Å². The van der Waals surface area contributed by atoms with Gasteiger partial charge in [0, 0.05) is 18.5 Å². The van der Waals surface area contributed by atoms with Crippen LogP contribution in [0.4, 0.5) is 0 Å². The Balaban J connectivity index is 1.77. The molecule has 1 saturated carbocycles. The van der Waals surface area contributed by atoms with Crippen molar-refractivity contribution >= 4 is 23.3 Å². The number of benzene rings is 1. The summed E-state index contributed by atoms with van der Waals surface area (Å²) in [6.45, 7) is 4.41. The number of aliphatic hydroxyl groups is 1. The maximum absolute atomic E-state index is 13.6. The van der Waals surface area contributed by atoms with Gasteiger partial charge in [-0.15, -0.1) is 11.6 Å². The molecule has 0 saturated heterocycles. The molecule has 2 N–H and O–H groups in total. The number of phenols is 1. The van der Waals surface area contributed by atoms with Crippen LogP contribution in [-0.4, -0.2) is 58.0 Å². The summed E-state index contributed by atoms with van der Waals surface area (Å²) in [6.07, 6.45) is 1.17. The second-order valence-electron chi connectivity index (χ2n) is 8.47. The largest absolute Gasteiger partial charge is 0.504 e. The molecule has 3 aliphatic rings. The quantitative estimate of drug-likeness (QED) is 0.648. The Labute approximate surface area is 186 Å². The normalized spacial score (nSPS) is 30.2. The number of phenolic OH excluding ortho intramolecular Hbond substituents is 1. The first-order chi connectivity index (χ1) is 14.9. The molecule has 168 valence electrons. The number of Topliss-reactive ketones (excluding diaryl/α,β-unsaturated/α-hetero) is 1. The van der Waals surface area contributed by atoms with Crippen LogP contribution in [0.25, 0.3) is 0 Å². The summed E-state index contributed by atoms with van der Waals surface area (Å²) >= 11 is 6.47. The van der Waals surface area contributed by atoms with Crippen LogP contribution in [-0.2, 0) is 14.3 Å². The van der Waals surface area contributed by atoms with Crippen LogP contribution in [0.5, 0.6) is 11.5 Å². The fraction of sp³-hybridized carbons (Fsp3) is 0.565. The van der Waals surface area contributed by atoms with Crippen LogP contribution in [0.15, 0.2) is 29.5 Å². The molecule has 0 aromatic heterocycles. The van der Waals surface area contributed by atoms with Crippen LogP contribution in [0.1, 0.15) is 44.7 Å². The molecule has 1 amide bonds. The van der Waals surface area contributed by atoms with Crippen LogP contribution in [0, 0.1) is 11.8 Å². The Kier molecular flexibility index (Phi) is 6.17. The summed E-state index contributed by atoms with van der Waals surface area (Å²) in [6, 6.07) is 4.19. The molecule has 2 heterocycles. The zero-order valence-corrected chi connectivity index (χ0v) is 18.5. The van der Waals surface area contributed by atoms with Gasteiger partial charge in [0.15, 0.2) is 23.0 Å². The number of aliphatic hydroxyl groups excluding tert-OH is 1. The maximum Gasteiger partial charge on any atom is 0.290 e. The molecular weight excluding hydrogens is 422 g/mol. The lowest BCUT2D eigenvalue weighted by atomic mass is 9.74. The molecule has 2 aliphatic heterocycles. The second kappa shape index (κ2) is 8.71. The van der Waals surface area contributed by atoms with Crippen molar-refractivity contribution in [2.45, 2.75) is 50.6 Å². The maximum atomic E-state index is 13.6. The summed E-state index contributed by atoms with van der Waals surface area (Å²) in [5.41, 5.74) is 0.996. The Morgan fingerprint density at radius 2 is 2.06 bits per heavy atom. The summed E-state index contributed by atoms with van der Waals surface area (Å²) in [5.74, 6) is -0.232. The molecule has 1 aliphatic carbocycles. The van der Waals surface area contributed by atoms with Gasteiger partial charge >= 0.3 is 0 Å². The number of nitrogens with zero attached hydrogens (tertiary/aromatic N) is 1. The highest BCUT2D eigenvalue weighted by atomic mass is 35.5. The van der Waals surface area contributed by atoms with Crippen molar-refractivity contribution in [2.24, 2.45) is 11.8 Å². The number of ketones is 1. The van der Waals surface area contributed by atoms with Crippen molar-refractivity contribution in [1.29, 1.82) is 0 Å². The number of aromatic hydroxyl groups is 1. The Morgan fingerprint density at radius 3 is 2.77 bits per heavy atom. The van der Waals surface area contributed by atoms with E-state index in [1.165, 1.54) is 6.07 Å². The first kappa shape index (κ1) is 22.0. The van der Waals surface area contributed by atoms with Gasteiger partial charge in [0.05, 0.1) is 24.1 Å². The van der Waals surface area contributed by atoms with E-state index in [1.54, 1.807) is 17.0 Å². The minimum absolute atomic E-state index is 0.0106. The van der Waals surface area contributed by atoms with Crippen molar-refractivity contribution in [3.63, 3.8) is 0 Å². The Hall–Kier alpha value is -2.25. The lowest BCUT2D eigenvalue weighted by molar-refractivity contribution is -0.136. The van der Waals surface area contributed by atoms with Crippen LogP contribution < -0.4 is 4.74 Å². The zero-order chi connectivity index (χ0) is 22.3. The minimum Gasteiger partial charge on any atom is -0.504 e. The van der Waals surface area contributed by atoms with E-state index in [1.807, 2.05) is 13.8 Å². The summed E-state index contributed by atoms with van der Waals surface area (Å²) in [5, 5.41) is 19.3. The van der Waals surface area contributed by atoms with E-state index in [0.717, 1.165) is 0 Å². The van der Waals surface area contributed by atoms with Gasteiger partial charge in [0.25, 0.3) is 5.91 Å². The minimum atomic E-state index is -0.657. The number of fused-ring (bicyclic) bond motifs is 1. The Bertz CT molecular complexity index is 915. The number of hydrogen-bond acceptors (Lipinski definition) is 6. The summed E-state index contributed by atoms with van der Waals surface area (Å²) in [7, 11) is 0. The molecule has 4 rings (SSSR count). The summed E-state index contributed by atoms with van der Waals surface area (Å²) in [4.78, 5) is 28.5. The highest BCUT2D eigenvalue weighted by molar-refractivity contribution is 6.21. The molecule has 1 aromatic carbocycles. The molecule has 31 heavy (non-hydrogen) atoms. The standard InChI is InChI=1S/C23H28ClNO6/c1-3-30-18-10-13(5-6-16(18)27)20-19-21(28)14-11-15(24)12(2)9-17(14)31-22(19)23(29)25(20)7-4-8-26/h5-6,10,12,14-15,17,20,26-27H,3-4,7-9,11H2,1-2H3. The molecule has 0 spiro atoms. The molecular formula is C23H28ClNO6. The van der Waals surface area contributed by atoms with Crippen molar-refractivity contribution in [1.82, 2.24) is 4.90 Å². The Morgan fingerprint density at radius 1 is 1.29 bits per heavy atom. The van der Waals surface area contributed by atoms with Gasteiger partial charge in [-0.3, -0.25) is 9.59 Å². The highest BCUT2D eigenvalue weighted by Gasteiger charge is 2.53. The molecule has 8 heteroatoms. The predicted octanol–water partition coefficient (Wildman–Crippen LogP) is 2.93. The topological polar surface area (TPSA) is 96.3 Å².